The van der Waals surface area contributed by atoms with E-state index in [9.17, 15) is 0 Å². The fourth-order valence-corrected chi connectivity index (χ4v) is 2.17. The molecule has 21 heavy (non-hydrogen) atoms. The quantitative estimate of drug-likeness (QED) is 0.853. The first kappa shape index (κ1) is 15.5. The summed E-state index contributed by atoms with van der Waals surface area (Å²) in [5.74, 6) is 2.01. The molecule has 0 fully saturated rings. The van der Waals surface area contributed by atoms with E-state index >= 15 is 0 Å². The third-order valence-electron chi connectivity index (χ3n) is 3.34. The van der Waals surface area contributed by atoms with Crippen LogP contribution in [0.15, 0.2) is 36.4 Å². The van der Waals surface area contributed by atoms with Gasteiger partial charge in [0.15, 0.2) is 0 Å². The maximum Gasteiger partial charge on any atom is 0.219 e. The first-order valence-electron chi connectivity index (χ1n) is 7.54. The number of ether oxygens (including phenoxy) is 1. The zero-order valence-corrected chi connectivity index (χ0v) is 13.3. The van der Waals surface area contributed by atoms with Crippen LogP contribution in [0.4, 0.5) is 0 Å². The predicted octanol–water partition coefficient (Wildman–Crippen LogP) is 4.42. The lowest BCUT2D eigenvalue weighted by molar-refractivity contribution is 0.460. The van der Waals surface area contributed by atoms with Gasteiger partial charge in [0, 0.05) is 18.3 Å². The predicted molar refractivity (Wildman–Crippen MR) is 87.0 cm³/mol. The third-order valence-corrected chi connectivity index (χ3v) is 3.34. The number of hydrogen-bond acceptors (Lipinski definition) is 3. The number of aromatic nitrogens is 1. The fourth-order valence-electron chi connectivity index (χ4n) is 2.17. The van der Waals surface area contributed by atoms with Crippen LogP contribution in [0.25, 0.3) is 0 Å². The zero-order valence-electron chi connectivity index (χ0n) is 13.3. The van der Waals surface area contributed by atoms with Gasteiger partial charge in [-0.25, -0.2) is 4.98 Å². The molecule has 0 aliphatic carbocycles. The van der Waals surface area contributed by atoms with Gasteiger partial charge in [0.25, 0.3) is 0 Å². The van der Waals surface area contributed by atoms with Crippen molar-refractivity contribution in [1.29, 1.82) is 0 Å². The lowest BCUT2D eigenvalue weighted by Crippen LogP contribution is -2.12. The molecule has 0 aliphatic rings. The van der Waals surface area contributed by atoms with Crippen LogP contribution in [-0.4, -0.2) is 11.5 Å². The summed E-state index contributed by atoms with van der Waals surface area (Å²) < 4.78 is 5.88. The first-order chi connectivity index (χ1) is 10.1. The molecule has 0 radical (unpaired) electrons. The van der Waals surface area contributed by atoms with Crippen molar-refractivity contribution < 1.29 is 4.74 Å². The summed E-state index contributed by atoms with van der Waals surface area (Å²) in [7, 11) is 0. The lowest BCUT2D eigenvalue weighted by atomic mass is 10.0. The summed E-state index contributed by atoms with van der Waals surface area (Å²) in [5.41, 5.74) is 3.48. The Hall–Kier alpha value is -1.87. The van der Waals surface area contributed by atoms with Gasteiger partial charge in [-0.3, -0.25) is 0 Å². The molecule has 0 amide bonds. The van der Waals surface area contributed by atoms with Crippen LogP contribution in [0, 0.1) is 6.92 Å². The second kappa shape index (κ2) is 7.23. The maximum atomic E-state index is 5.88. The molecule has 0 atom stereocenters. The van der Waals surface area contributed by atoms with Gasteiger partial charge in [0.2, 0.25) is 5.88 Å². The molecule has 0 saturated carbocycles. The van der Waals surface area contributed by atoms with Gasteiger partial charge >= 0.3 is 0 Å². The smallest absolute Gasteiger partial charge is 0.219 e. The molecule has 1 aromatic heterocycles. The number of nitrogens with one attached hydrogen (secondary N) is 1. The van der Waals surface area contributed by atoms with Gasteiger partial charge in [-0.05, 0) is 48.7 Å². The van der Waals surface area contributed by atoms with Gasteiger partial charge < -0.3 is 10.1 Å². The van der Waals surface area contributed by atoms with Gasteiger partial charge in [0.05, 0.1) is 0 Å². The largest absolute Gasteiger partial charge is 0.439 e. The van der Waals surface area contributed by atoms with E-state index in [4.69, 9.17) is 4.74 Å². The number of pyridine rings is 1. The third kappa shape index (κ3) is 4.57. The monoisotopic (exact) mass is 284 g/mol. The molecule has 0 aliphatic heterocycles. The van der Waals surface area contributed by atoms with E-state index in [0.717, 1.165) is 24.5 Å². The van der Waals surface area contributed by atoms with Gasteiger partial charge in [-0.15, -0.1) is 0 Å². The van der Waals surface area contributed by atoms with Crippen LogP contribution in [0.2, 0.25) is 0 Å². The van der Waals surface area contributed by atoms with E-state index < -0.39 is 0 Å². The van der Waals surface area contributed by atoms with Gasteiger partial charge in [-0.1, -0.05) is 32.9 Å². The van der Waals surface area contributed by atoms with Crippen molar-refractivity contribution in [2.24, 2.45) is 0 Å². The normalized spacial score (nSPS) is 10.9. The van der Waals surface area contributed by atoms with E-state index in [2.05, 4.69) is 49.3 Å². The molecule has 0 bridgehead atoms. The average molecular weight is 284 g/mol. The summed E-state index contributed by atoms with van der Waals surface area (Å²) in [5, 5.41) is 3.32. The number of benzene rings is 1. The maximum absolute atomic E-state index is 5.88. The van der Waals surface area contributed by atoms with E-state index in [0.29, 0.717) is 11.8 Å². The van der Waals surface area contributed by atoms with E-state index in [1.54, 1.807) is 0 Å². The molecule has 3 heteroatoms. The van der Waals surface area contributed by atoms with E-state index in [1.807, 2.05) is 25.1 Å². The molecule has 0 spiro atoms. The number of hydrogen-bond donors (Lipinski definition) is 1. The molecule has 1 N–H and O–H groups in total. The first-order valence-corrected chi connectivity index (χ1v) is 7.54. The zero-order chi connectivity index (χ0) is 15.2. The molecule has 0 unspecified atom stereocenters. The van der Waals surface area contributed by atoms with Crippen LogP contribution >= 0.6 is 0 Å². The van der Waals surface area contributed by atoms with Crippen molar-refractivity contribution >= 4 is 0 Å². The molecule has 1 aromatic carbocycles. The number of rotatable bonds is 6. The van der Waals surface area contributed by atoms with Crippen LogP contribution in [0.1, 0.15) is 43.5 Å². The Bertz CT molecular complexity index is 576. The molecule has 2 rings (SSSR count). The topological polar surface area (TPSA) is 34.2 Å². The summed E-state index contributed by atoms with van der Waals surface area (Å²) in [4.78, 5) is 4.44. The molecular formula is C18H24N2O. The Kier molecular flexibility index (Phi) is 5.34. The second-order valence-corrected chi connectivity index (χ2v) is 5.56. The molecule has 112 valence electrons. The summed E-state index contributed by atoms with van der Waals surface area (Å²) in [6, 6.07) is 12.3. The minimum Gasteiger partial charge on any atom is -0.439 e. The van der Waals surface area contributed by atoms with Gasteiger partial charge in [0.1, 0.15) is 5.75 Å². The Morgan fingerprint density at radius 1 is 1.14 bits per heavy atom. The highest BCUT2D eigenvalue weighted by molar-refractivity contribution is 5.33. The minimum absolute atomic E-state index is 0.530. The van der Waals surface area contributed by atoms with E-state index in [1.165, 1.54) is 11.1 Å². The minimum atomic E-state index is 0.530. The van der Waals surface area contributed by atoms with Crippen molar-refractivity contribution in [1.82, 2.24) is 10.3 Å². The molecular weight excluding hydrogens is 260 g/mol. The van der Waals surface area contributed by atoms with Crippen LogP contribution in [-0.2, 0) is 6.54 Å². The Labute approximate surface area is 127 Å². The molecule has 0 saturated heterocycles. The average Bonchev–Trinajstić information content (AvgIpc) is 2.45. The Balaban J connectivity index is 2.12. The second-order valence-electron chi connectivity index (χ2n) is 5.56. The van der Waals surface area contributed by atoms with Crippen molar-refractivity contribution in [2.45, 2.75) is 40.2 Å². The fraction of sp³-hybridized carbons (Fsp3) is 0.389. The van der Waals surface area contributed by atoms with Crippen LogP contribution < -0.4 is 10.1 Å². The highest BCUT2D eigenvalue weighted by Gasteiger charge is 2.04. The van der Waals surface area contributed by atoms with Gasteiger partial charge in [-0.2, -0.15) is 0 Å². The van der Waals surface area contributed by atoms with E-state index in [-0.39, 0.29) is 0 Å². The SMILES string of the molecule is CCNCc1cc(C)nc(Oc2ccc(C(C)C)cc2)c1. The van der Waals surface area contributed by atoms with Crippen molar-refractivity contribution in [3.8, 4) is 11.6 Å². The summed E-state index contributed by atoms with van der Waals surface area (Å²) >= 11 is 0. The highest BCUT2D eigenvalue weighted by Crippen LogP contribution is 2.23. The standard InChI is InChI=1S/C18H24N2O/c1-5-19-12-15-10-14(4)20-18(11-15)21-17-8-6-16(7-9-17)13(2)3/h6-11,13,19H,5,12H2,1-4H3. The number of nitrogens with zero attached hydrogens (tertiary/aromatic N) is 1. The number of aryl methyl sites for hydroxylation is 1. The summed E-state index contributed by atoms with van der Waals surface area (Å²) in [6.45, 7) is 10.2. The Morgan fingerprint density at radius 3 is 2.48 bits per heavy atom. The Morgan fingerprint density at radius 2 is 1.86 bits per heavy atom. The lowest BCUT2D eigenvalue weighted by Gasteiger charge is -2.10. The van der Waals surface area contributed by atoms with Crippen LogP contribution in [0.3, 0.4) is 0 Å². The van der Waals surface area contributed by atoms with Crippen molar-refractivity contribution in [2.75, 3.05) is 6.54 Å². The molecule has 3 nitrogen and oxygen atoms in total. The molecule has 1 heterocycles. The highest BCUT2D eigenvalue weighted by atomic mass is 16.5. The van der Waals surface area contributed by atoms with Crippen LogP contribution in [0.5, 0.6) is 11.6 Å². The van der Waals surface area contributed by atoms with Crippen molar-refractivity contribution in [3.63, 3.8) is 0 Å². The summed E-state index contributed by atoms with van der Waals surface area (Å²) in [6.07, 6.45) is 0. The molecule has 2 aromatic rings. The van der Waals surface area contributed by atoms with Crippen molar-refractivity contribution in [3.05, 3.63) is 53.2 Å².